The number of carbonyl (C=O) groups is 1. The molecule has 0 aromatic heterocycles. The molecular weight excluding hydrogens is 348 g/mol. The molecule has 0 aliphatic carbocycles. The molecule has 1 aliphatic heterocycles. The Balaban J connectivity index is 1.53. The fraction of sp³-hybridized carbons (Fsp3) is 0.458. The van der Waals surface area contributed by atoms with Crippen molar-refractivity contribution in [3.05, 3.63) is 65.2 Å². The summed E-state index contributed by atoms with van der Waals surface area (Å²) in [4.78, 5) is 15.1. The van der Waals surface area contributed by atoms with Crippen LogP contribution in [0.25, 0.3) is 0 Å². The minimum Gasteiger partial charge on any atom is -0.494 e. The Labute approximate surface area is 168 Å². The quantitative estimate of drug-likeness (QED) is 0.750. The molecule has 2 aromatic carbocycles. The third-order valence-electron chi connectivity index (χ3n) is 5.54. The van der Waals surface area contributed by atoms with Crippen molar-refractivity contribution in [3.63, 3.8) is 0 Å². The predicted molar refractivity (Wildman–Crippen MR) is 114 cm³/mol. The van der Waals surface area contributed by atoms with E-state index in [-0.39, 0.29) is 11.9 Å². The number of amides is 1. The highest BCUT2D eigenvalue weighted by molar-refractivity contribution is 5.94. The summed E-state index contributed by atoms with van der Waals surface area (Å²) >= 11 is 0. The van der Waals surface area contributed by atoms with Crippen LogP contribution in [-0.2, 0) is 6.54 Å². The Morgan fingerprint density at radius 2 is 1.75 bits per heavy atom. The number of likely N-dealkylation sites (tertiary alicyclic amines) is 1. The van der Waals surface area contributed by atoms with Gasteiger partial charge in [0.1, 0.15) is 5.75 Å². The molecule has 1 atom stereocenters. The van der Waals surface area contributed by atoms with Crippen molar-refractivity contribution in [2.45, 2.75) is 46.2 Å². The molecule has 0 unspecified atom stereocenters. The van der Waals surface area contributed by atoms with Crippen molar-refractivity contribution >= 4 is 5.91 Å². The monoisotopic (exact) mass is 380 g/mol. The van der Waals surface area contributed by atoms with E-state index in [4.69, 9.17) is 4.74 Å². The number of ether oxygens (including phenoxy) is 1. The molecule has 28 heavy (non-hydrogen) atoms. The zero-order valence-electron chi connectivity index (χ0n) is 17.3. The lowest BCUT2D eigenvalue weighted by atomic mass is 9.99. The Bertz CT molecular complexity index is 747. The standard InChI is InChI=1S/C24H32N2O2/c1-4-28-23-11-9-21(10-12-23)19(3)25-24(27)22-7-5-20(6-8-22)17-26-15-13-18(2)14-16-26/h5-12,18-19H,4,13-17H2,1-3H3,(H,25,27)/t19-/m0/s1. The van der Waals surface area contributed by atoms with Gasteiger partial charge in [0.05, 0.1) is 12.6 Å². The molecule has 4 heteroatoms. The lowest BCUT2D eigenvalue weighted by Crippen LogP contribution is -2.32. The van der Waals surface area contributed by atoms with Gasteiger partial charge in [0.25, 0.3) is 5.91 Å². The van der Waals surface area contributed by atoms with Crippen molar-refractivity contribution in [2.24, 2.45) is 5.92 Å². The van der Waals surface area contributed by atoms with Gasteiger partial charge in [-0.3, -0.25) is 9.69 Å². The van der Waals surface area contributed by atoms with E-state index in [2.05, 4.69) is 29.3 Å². The minimum atomic E-state index is -0.0572. The molecular formula is C24H32N2O2. The van der Waals surface area contributed by atoms with E-state index in [1.165, 1.54) is 31.5 Å². The van der Waals surface area contributed by atoms with Gasteiger partial charge in [0.15, 0.2) is 0 Å². The highest BCUT2D eigenvalue weighted by Gasteiger charge is 2.16. The second kappa shape index (κ2) is 9.74. The SMILES string of the molecule is CCOc1ccc([C@H](C)NC(=O)c2ccc(CN3CCC(C)CC3)cc2)cc1. The summed E-state index contributed by atoms with van der Waals surface area (Å²) in [5, 5.41) is 3.08. The van der Waals surface area contributed by atoms with Crippen LogP contribution in [0.2, 0.25) is 0 Å². The molecule has 3 rings (SSSR count). The predicted octanol–water partition coefficient (Wildman–Crippen LogP) is 4.81. The Hall–Kier alpha value is -2.33. The van der Waals surface area contributed by atoms with E-state index in [1.54, 1.807) is 0 Å². The maximum absolute atomic E-state index is 12.6. The van der Waals surface area contributed by atoms with Crippen LogP contribution in [-0.4, -0.2) is 30.5 Å². The first-order chi connectivity index (χ1) is 13.5. The number of benzene rings is 2. The molecule has 2 aromatic rings. The smallest absolute Gasteiger partial charge is 0.251 e. The fourth-order valence-corrected chi connectivity index (χ4v) is 3.62. The maximum Gasteiger partial charge on any atom is 0.251 e. The second-order valence-electron chi connectivity index (χ2n) is 7.85. The molecule has 1 aliphatic rings. The average molecular weight is 381 g/mol. The van der Waals surface area contributed by atoms with Gasteiger partial charge >= 0.3 is 0 Å². The molecule has 1 amide bonds. The Kier molecular flexibility index (Phi) is 7.10. The van der Waals surface area contributed by atoms with E-state index in [0.29, 0.717) is 12.2 Å². The van der Waals surface area contributed by atoms with Gasteiger partial charge in [0.2, 0.25) is 0 Å². The number of piperidine rings is 1. The molecule has 0 bridgehead atoms. The van der Waals surface area contributed by atoms with E-state index in [1.807, 2.05) is 50.2 Å². The highest BCUT2D eigenvalue weighted by atomic mass is 16.5. The van der Waals surface area contributed by atoms with Crippen molar-refractivity contribution in [1.82, 2.24) is 10.2 Å². The first-order valence-corrected chi connectivity index (χ1v) is 10.4. The van der Waals surface area contributed by atoms with E-state index in [0.717, 1.165) is 23.8 Å². The van der Waals surface area contributed by atoms with Gasteiger partial charge in [-0.1, -0.05) is 31.2 Å². The normalized spacial score (nSPS) is 16.5. The van der Waals surface area contributed by atoms with Crippen molar-refractivity contribution < 1.29 is 9.53 Å². The van der Waals surface area contributed by atoms with Gasteiger partial charge in [-0.2, -0.15) is 0 Å². The first kappa shape index (κ1) is 20.4. The van der Waals surface area contributed by atoms with Gasteiger partial charge in [-0.15, -0.1) is 0 Å². The summed E-state index contributed by atoms with van der Waals surface area (Å²) < 4.78 is 5.47. The first-order valence-electron chi connectivity index (χ1n) is 10.4. The van der Waals surface area contributed by atoms with Crippen molar-refractivity contribution in [2.75, 3.05) is 19.7 Å². The van der Waals surface area contributed by atoms with Crippen LogP contribution < -0.4 is 10.1 Å². The summed E-state index contributed by atoms with van der Waals surface area (Å²) in [6.07, 6.45) is 2.56. The largest absolute Gasteiger partial charge is 0.494 e. The number of rotatable bonds is 7. The van der Waals surface area contributed by atoms with E-state index < -0.39 is 0 Å². The number of hydrogen-bond donors (Lipinski definition) is 1. The lowest BCUT2D eigenvalue weighted by molar-refractivity contribution is 0.0940. The van der Waals surface area contributed by atoms with Gasteiger partial charge in [-0.05, 0) is 81.1 Å². The molecule has 0 spiro atoms. The van der Waals surface area contributed by atoms with E-state index in [9.17, 15) is 4.79 Å². The highest BCUT2D eigenvalue weighted by Crippen LogP contribution is 2.20. The molecule has 150 valence electrons. The third kappa shape index (κ3) is 5.59. The lowest BCUT2D eigenvalue weighted by Gasteiger charge is -2.30. The van der Waals surface area contributed by atoms with Gasteiger partial charge < -0.3 is 10.1 Å². The van der Waals surface area contributed by atoms with Crippen LogP contribution >= 0.6 is 0 Å². The summed E-state index contributed by atoms with van der Waals surface area (Å²) in [5.74, 6) is 1.66. The topological polar surface area (TPSA) is 41.6 Å². The fourth-order valence-electron chi connectivity index (χ4n) is 3.62. The zero-order chi connectivity index (χ0) is 19.9. The summed E-state index contributed by atoms with van der Waals surface area (Å²) in [6.45, 7) is 10.3. The number of nitrogens with zero attached hydrogens (tertiary/aromatic N) is 1. The van der Waals surface area contributed by atoms with Gasteiger partial charge in [-0.25, -0.2) is 0 Å². The van der Waals surface area contributed by atoms with Crippen LogP contribution in [0.15, 0.2) is 48.5 Å². The molecule has 1 saturated heterocycles. The number of hydrogen-bond acceptors (Lipinski definition) is 3. The number of nitrogens with one attached hydrogen (secondary N) is 1. The minimum absolute atomic E-state index is 0.0419. The molecule has 1 fully saturated rings. The van der Waals surface area contributed by atoms with Gasteiger partial charge in [0, 0.05) is 12.1 Å². The molecule has 1 heterocycles. The summed E-state index contributed by atoms with van der Waals surface area (Å²) in [5.41, 5.74) is 3.03. The Morgan fingerprint density at radius 1 is 1.11 bits per heavy atom. The van der Waals surface area contributed by atoms with Crippen LogP contribution in [0.1, 0.15) is 61.1 Å². The maximum atomic E-state index is 12.6. The summed E-state index contributed by atoms with van der Waals surface area (Å²) in [7, 11) is 0. The summed E-state index contributed by atoms with van der Waals surface area (Å²) in [6, 6.07) is 15.8. The third-order valence-corrected chi connectivity index (χ3v) is 5.54. The molecule has 0 saturated carbocycles. The molecule has 1 N–H and O–H groups in total. The number of carbonyl (C=O) groups excluding carboxylic acids is 1. The van der Waals surface area contributed by atoms with Crippen LogP contribution in [0, 0.1) is 5.92 Å². The van der Waals surface area contributed by atoms with Crippen LogP contribution in [0.5, 0.6) is 5.75 Å². The van der Waals surface area contributed by atoms with Crippen molar-refractivity contribution in [1.29, 1.82) is 0 Å². The zero-order valence-corrected chi connectivity index (χ0v) is 17.3. The van der Waals surface area contributed by atoms with Crippen LogP contribution in [0.4, 0.5) is 0 Å². The van der Waals surface area contributed by atoms with Crippen LogP contribution in [0.3, 0.4) is 0 Å². The second-order valence-corrected chi connectivity index (χ2v) is 7.85. The Morgan fingerprint density at radius 3 is 2.36 bits per heavy atom. The van der Waals surface area contributed by atoms with Crippen molar-refractivity contribution in [3.8, 4) is 5.75 Å². The molecule has 0 radical (unpaired) electrons. The van der Waals surface area contributed by atoms with E-state index >= 15 is 0 Å². The average Bonchev–Trinajstić information content (AvgIpc) is 2.71. The molecule has 4 nitrogen and oxygen atoms in total.